The molecule has 3 aromatic rings. The summed E-state index contributed by atoms with van der Waals surface area (Å²) in [5.41, 5.74) is -0.108. The minimum atomic E-state index is -1.63. The third kappa shape index (κ3) is 5.10. The van der Waals surface area contributed by atoms with Crippen molar-refractivity contribution in [1.82, 2.24) is 0 Å². The zero-order valence-electron chi connectivity index (χ0n) is 15.9. The Labute approximate surface area is 180 Å². The van der Waals surface area contributed by atoms with Gasteiger partial charge in [-0.2, -0.15) is 0 Å². The summed E-state index contributed by atoms with van der Waals surface area (Å²) in [7, 11) is 1.36. The fourth-order valence-corrected chi connectivity index (χ4v) is 2.83. The van der Waals surface area contributed by atoms with E-state index in [1.807, 2.05) is 0 Å². The van der Waals surface area contributed by atoms with Gasteiger partial charge in [-0.25, -0.2) is 17.6 Å². The van der Waals surface area contributed by atoms with Crippen LogP contribution in [0.1, 0.15) is 10.4 Å². The Kier molecular flexibility index (Phi) is 6.71. The van der Waals surface area contributed by atoms with Crippen LogP contribution in [0.2, 0.25) is 0 Å². The van der Waals surface area contributed by atoms with Crippen LogP contribution in [0.5, 0.6) is 5.75 Å². The van der Waals surface area contributed by atoms with Crippen molar-refractivity contribution in [3.05, 3.63) is 83.4 Å². The maximum absolute atomic E-state index is 13.9. The second kappa shape index (κ2) is 9.43. The number of halogens is 4. The molecule has 0 fully saturated rings. The Balaban J connectivity index is 1.81. The molecule has 0 saturated heterocycles. The lowest BCUT2D eigenvalue weighted by Gasteiger charge is -2.16. The molecule has 3 aromatic carbocycles. The van der Waals surface area contributed by atoms with Crippen molar-refractivity contribution in [3.8, 4) is 5.75 Å². The molecule has 3 rings (SSSR count). The van der Waals surface area contributed by atoms with Crippen LogP contribution in [-0.2, 0) is 0 Å². The number of carbonyl (C=O) groups excluding carboxylic acids is 1. The van der Waals surface area contributed by atoms with Crippen LogP contribution < -0.4 is 20.7 Å². The van der Waals surface area contributed by atoms with Crippen LogP contribution in [0.3, 0.4) is 0 Å². The highest BCUT2D eigenvalue weighted by atomic mass is 32.1. The SMILES string of the molecule is COc1ccc(C(=O)Nc2ccccc2)cc1NC(=S)Nc1c(F)c(F)cc(F)c1F. The zero-order valence-corrected chi connectivity index (χ0v) is 16.7. The summed E-state index contributed by atoms with van der Waals surface area (Å²) in [6.07, 6.45) is 0. The summed E-state index contributed by atoms with van der Waals surface area (Å²) in [6.45, 7) is 0. The molecule has 0 aliphatic heterocycles. The van der Waals surface area contributed by atoms with Crippen LogP contribution in [0.25, 0.3) is 0 Å². The van der Waals surface area contributed by atoms with Crippen molar-refractivity contribution in [2.45, 2.75) is 0 Å². The number of benzene rings is 3. The minimum Gasteiger partial charge on any atom is -0.495 e. The summed E-state index contributed by atoms with van der Waals surface area (Å²) in [5.74, 6) is -6.61. The van der Waals surface area contributed by atoms with Gasteiger partial charge >= 0.3 is 0 Å². The van der Waals surface area contributed by atoms with Crippen molar-refractivity contribution in [3.63, 3.8) is 0 Å². The Morgan fingerprint density at radius 2 is 1.52 bits per heavy atom. The van der Waals surface area contributed by atoms with Crippen LogP contribution >= 0.6 is 12.2 Å². The van der Waals surface area contributed by atoms with Gasteiger partial charge < -0.3 is 20.7 Å². The van der Waals surface area contributed by atoms with Gasteiger partial charge in [0.1, 0.15) is 11.4 Å². The van der Waals surface area contributed by atoms with E-state index in [4.69, 9.17) is 17.0 Å². The number of amides is 1. The van der Waals surface area contributed by atoms with E-state index in [9.17, 15) is 22.4 Å². The highest BCUT2D eigenvalue weighted by molar-refractivity contribution is 7.80. The fraction of sp³-hybridized carbons (Fsp3) is 0.0476. The van der Waals surface area contributed by atoms with Gasteiger partial charge in [-0.1, -0.05) is 18.2 Å². The molecule has 0 heterocycles. The van der Waals surface area contributed by atoms with Crippen molar-refractivity contribution in [2.24, 2.45) is 0 Å². The zero-order chi connectivity index (χ0) is 22.5. The van der Waals surface area contributed by atoms with Gasteiger partial charge in [-0.05, 0) is 42.5 Å². The Hall–Kier alpha value is -3.66. The molecule has 0 spiro atoms. The van der Waals surface area contributed by atoms with E-state index in [0.29, 0.717) is 5.69 Å². The number of para-hydroxylation sites is 1. The predicted molar refractivity (Wildman–Crippen MR) is 114 cm³/mol. The minimum absolute atomic E-state index is 0.0875. The third-order valence-corrected chi connectivity index (χ3v) is 4.30. The van der Waals surface area contributed by atoms with E-state index in [1.165, 1.54) is 25.3 Å². The van der Waals surface area contributed by atoms with Crippen LogP contribution in [0, 0.1) is 23.3 Å². The molecule has 3 N–H and O–H groups in total. The number of rotatable bonds is 5. The van der Waals surface area contributed by atoms with E-state index in [0.717, 1.165) is 0 Å². The average molecular weight is 449 g/mol. The Bertz CT molecular complexity index is 1120. The first kappa shape index (κ1) is 22.0. The van der Waals surface area contributed by atoms with Gasteiger partial charge in [-0.15, -0.1) is 0 Å². The molecular formula is C21H15F4N3O2S. The summed E-state index contributed by atoms with van der Waals surface area (Å²) in [4.78, 5) is 12.5. The van der Waals surface area contributed by atoms with Crippen LogP contribution in [0.15, 0.2) is 54.6 Å². The van der Waals surface area contributed by atoms with Gasteiger partial charge in [0.25, 0.3) is 5.91 Å². The molecule has 0 aliphatic rings. The van der Waals surface area contributed by atoms with Crippen molar-refractivity contribution in [2.75, 3.05) is 23.1 Å². The molecule has 0 aliphatic carbocycles. The summed E-state index contributed by atoms with van der Waals surface area (Å²) in [6, 6.07) is 13.2. The monoisotopic (exact) mass is 449 g/mol. The first-order valence-electron chi connectivity index (χ1n) is 8.75. The van der Waals surface area contributed by atoms with Crippen molar-refractivity contribution >= 4 is 40.3 Å². The van der Waals surface area contributed by atoms with Gasteiger partial charge in [-0.3, -0.25) is 4.79 Å². The van der Waals surface area contributed by atoms with Gasteiger partial charge in [0, 0.05) is 17.3 Å². The van der Waals surface area contributed by atoms with Gasteiger partial charge in [0.2, 0.25) is 0 Å². The number of carbonyl (C=O) groups is 1. The number of hydrogen-bond donors (Lipinski definition) is 3. The quantitative estimate of drug-likeness (QED) is 0.280. The van der Waals surface area contributed by atoms with Gasteiger partial charge in [0.15, 0.2) is 28.4 Å². The van der Waals surface area contributed by atoms with E-state index >= 15 is 0 Å². The Morgan fingerprint density at radius 1 is 0.871 bits per heavy atom. The average Bonchev–Trinajstić information content (AvgIpc) is 2.76. The summed E-state index contributed by atoms with van der Waals surface area (Å²) < 4.78 is 59.7. The predicted octanol–water partition coefficient (Wildman–Crippen LogP) is 5.31. The molecule has 0 aromatic heterocycles. The lowest BCUT2D eigenvalue weighted by atomic mass is 10.1. The second-order valence-electron chi connectivity index (χ2n) is 6.16. The number of ether oxygens (including phenoxy) is 1. The second-order valence-corrected chi connectivity index (χ2v) is 6.57. The Morgan fingerprint density at radius 3 is 2.13 bits per heavy atom. The maximum Gasteiger partial charge on any atom is 0.255 e. The fourth-order valence-electron chi connectivity index (χ4n) is 2.62. The standard InChI is InChI=1S/C21H15F4N3O2S/c1-30-16-8-7-11(20(29)26-12-5-3-2-4-6-12)9-15(16)27-21(31)28-19-17(24)13(22)10-14(23)18(19)25/h2-10H,1H3,(H,26,29)(H2,27,28,31). The first-order valence-corrected chi connectivity index (χ1v) is 9.16. The number of thiocarbonyl (C=S) groups is 1. The van der Waals surface area contributed by atoms with E-state index in [2.05, 4.69) is 16.0 Å². The number of hydrogen-bond acceptors (Lipinski definition) is 3. The molecule has 1 amide bonds. The molecule has 0 unspecified atom stereocenters. The molecule has 0 radical (unpaired) electrons. The van der Waals surface area contributed by atoms with E-state index in [1.54, 1.807) is 30.3 Å². The number of anilines is 3. The molecule has 160 valence electrons. The highest BCUT2D eigenvalue weighted by Gasteiger charge is 2.20. The molecule has 0 saturated carbocycles. The van der Waals surface area contributed by atoms with Crippen molar-refractivity contribution in [1.29, 1.82) is 0 Å². The third-order valence-electron chi connectivity index (χ3n) is 4.09. The number of methoxy groups -OCH3 is 1. The molecule has 0 atom stereocenters. The first-order chi connectivity index (χ1) is 14.8. The van der Waals surface area contributed by atoms with Gasteiger partial charge in [0.05, 0.1) is 12.8 Å². The molecule has 5 nitrogen and oxygen atoms in total. The highest BCUT2D eigenvalue weighted by Crippen LogP contribution is 2.28. The topological polar surface area (TPSA) is 62.4 Å². The summed E-state index contributed by atoms with van der Waals surface area (Å²) >= 11 is 4.99. The normalized spacial score (nSPS) is 10.4. The largest absolute Gasteiger partial charge is 0.495 e. The number of nitrogens with one attached hydrogen (secondary N) is 3. The molecule has 10 heteroatoms. The van der Waals surface area contributed by atoms with Crippen LogP contribution in [-0.4, -0.2) is 18.1 Å². The smallest absolute Gasteiger partial charge is 0.255 e. The lowest BCUT2D eigenvalue weighted by molar-refractivity contribution is 0.102. The molecular weight excluding hydrogens is 434 g/mol. The molecule has 31 heavy (non-hydrogen) atoms. The van der Waals surface area contributed by atoms with Crippen molar-refractivity contribution < 1.29 is 27.1 Å². The van der Waals surface area contributed by atoms with E-state index < -0.39 is 34.9 Å². The van der Waals surface area contributed by atoms with Crippen LogP contribution in [0.4, 0.5) is 34.6 Å². The lowest BCUT2D eigenvalue weighted by Crippen LogP contribution is -2.22. The van der Waals surface area contributed by atoms with E-state index in [-0.39, 0.29) is 28.2 Å². The molecule has 0 bridgehead atoms. The maximum atomic E-state index is 13.9. The summed E-state index contributed by atoms with van der Waals surface area (Å²) in [5, 5.41) is 7.00.